The van der Waals surface area contributed by atoms with Crippen LogP contribution in [0.1, 0.15) is 23.1 Å². The number of benzene rings is 2. The van der Waals surface area contributed by atoms with Crippen LogP contribution in [0.2, 0.25) is 0 Å². The molecular weight excluding hydrogens is 380 g/mol. The first-order valence-electron chi connectivity index (χ1n) is 8.85. The zero-order chi connectivity index (χ0) is 21.0. The van der Waals surface area contributed by atoms with Crippen LogP contribution in [0.4, 0.5) is 13.6 Å². The zero-order valence-corrected chi connectivity index (χ0v) is 16.2. The van der Waals surface area contributed by atoms with Crippen molar-refractivity contribution in [2.45, 2.75) is 11.7 Å². The molecule has 1 N–H and O–H groups in total. The summed E-state index contributed by atoms with van der Waals surface area (Å²) in [6.45, 7) is 0. The predicted octanol–water partition coefficient (Wildman–Crippen LogP) is 3.69. The van der Waals surface area contributed by atoms with Crippen LogP contribution in [-0.2, 0) is 22.1 Å². The van der Waals surface area contributed by atoms with Crippen molar-refractivity contribution in [3.8, 4) is 0 Å². The van der Waals surface area contributed by atoms with Crippen LogP contribution >= 0.6 is 0 Å². The molecule has 0 saturated carbocycles. The monoisotopic (exact) mass is 401 g/mol. The van der Waals surface area contributed by atoms with Gasteiger partial charge in [0.25, 0.3) is 0 Å². The first-order valence-corrected chi connectivity index (χ1v) is 8.85. The van der Waals surface area contributed by atoms with Gasteiger partial charge in [0.05, 0.1) is 0 Å². The lowest BCUT2D eigenvalue weighted by Crippen LogP contribution is -2.42. The number of ether oxygens (including phenoxy) is 2. The van der Waals surface area contributed by atoms with Gasteiger partial charge in [0.2, 0.25) is 0 Å². The lowest BCUT2D eigenvalue weighted by molar-refractivity contribution is -0.0903. The number of carbonyl (C=O) groups excluding carboxylic acids is 1. The molecular formula is C21H21F2N3O3. The van der Waals surface area contributed by atoms with E-state index in [-0.39, 0.29) is 0 Å². The topological polar surface area (TPSA) is 65.4 Å². The molecule has 1 unspecified atom stereocenters. The van der Waals surface area contributed by atoms with Gasteiger partial charge in [-0.3, -0.25) is 0 Å². The third-order valence-electron chi connectivity index (χ3n) is 4.76. The fraction of sp³-hybridized carbons (Fsp3) is 0.238. The highest BCUT2D eigenvalue weighted by atomic mass is 19.1. The molecule has 3 aromatic rings. The molecule has 1 heterocycles. The molecule has 2 aromatic carbocycles. The fourth-order valence-corrected chi connectivity index (χ4v) is 3.32. The van der Waals surface area contributed by atoms with Gasteiger partial charge in [-0.2, -0.15) is 0 Å². The fourth-order valence-electron chi connectivity index (χ4n) is 3.32. The first kappa shape index (κ1) is 20.5. The van der Waals surface area contributed by atoms with Crippen molar-refractivity contribution in [1.82, 2.24) is 14.9 Å². The predicted molar refractivity (Wildman–Crippen MR) is 102 cm³/mol. The third kappa shape index (κ3) is 3.84. The molecule has 0 bridgehead atoms. The van der Waals surface area contributed by atoms with E-state index in [1.807, 2.05) is 0 Å². The van der Waals surface area contributed by atoms with Crippen LogP contribution in [-0.4, -0.2) is 29.8 Å². The van der Waals surface area contributed by atoms with Gasteiger partial charge >= 0.3 is 6.09 Å². The van der Waals surface area contributed by atoms with E-state index >= 15 is 0 Å². The van der Waals surface area contributed by atoms with Gasteiger partial charge in [-0.15, -0.1) is 0 Å². The Morgan fingerprint density at radius 3 is 1.97 bits per heavy atom. The summed E-state index contributed by atoms with van der Waals surface area (Å²) >= 11 is 0. The van der Waals surface area contributed by atoms with Gasteiger partial charge in [0.1, 0.15) is 11.6 Å². The van der Waals surface area contributed by atoms with Gasteiger partial charge in [-0.1, -0.05) is 24.3 Å². The molecule has 0 fully saturated rings. The second-order valence-electron chi connectivity index (χ2n) is 6.39. The van der Waals surface area contributed by atoms with Gasteiger partial charge in [-0.25, -0.2) is 18.6 Å². The number of halogens is 2. The number of aryl methyl sites for hydroxylation is 1. The number of rotatable bonds is 6. The maximum atomic E-state index is 13.6. The number of hydrogen-bond donors (Lipinski definition) is 1. The lowest BCUT2D eigenvalue weighted by atomic mass is 9.80. The van der Waals surface area contributed by atoms with Crippen molar-refractivity contribution in [1.29, 1.82) is 0 Å². The zero-order valence-electron chi connectivity index (χ0n) is 16.2. The van der Waals surface area contributed by atoms with Crippen LogP contribution < -0.4 is 5.32 Å². The highest BCUT2D eigenvalue weighted by molar-refractivity contribution is 5.67. The van der Waals surface area contributed by atoms with Gasteiger partial charge in [0.15, 0.2) is 17.5 Å². The van der Waals surface area contributed by atoms with Crippen LogP contribution in [0.25, 0.3) is 0 Å². The molecule has 6 nitrogen and oxygen atoms in total. The van der Waals surface area contributed by atoms with E-state index in [2.05, 4.69) is 10.3 Å². The lowest BCUT2D eigenvalue weighted by Gasteiger charge is -2.39. The molecule has 0 radical (unpaired) electrons. The standard InChI is InChI=1S/C21H21F2N3O3/c1-24-20(27)29-18(19-25-12-13-26(19)2)21(28-3,14-4-8-16(22)9-5-14)15-6-10-17(23)11-7-15/h4-13,18H,1-3H3,(H,24,27). The van der Waals surface area contributed by atoms with E-state index in [4.69, 9.17) is 9.47 Å². The van der Waals surface area contributed by atoms with Crippen LogP contribution in [0, 0.1) is 11.6 Å². The van der Waals surface area contributed by atoms with E-state index in [9.17, 15) is 13.6 Å². The number of aromatic nitrogens is 2. The van der Waals surface area contributed by atoms with Gasteiger partial charge in [-0.05, 0) is 35.4 Å². The minimum Gasteiger partial charge on any atom is -0.434 e. The highest BCUT2D eigenvalue weighted by Gasteiger charge is 2.48. The van der Waals surface area contributed by atoms with Gasteiger partial charge < -0.3 is 19.4 Å². The molecule has 8 heteroatoms. The van der Waals surface area contributed by atoms with E-state index in [1.165, 1.54) is 62.7 Å². The smallest absolute Gasteiger partial charge is 0.407 e. The summed E-state index contributed by atoms with van der Waals surface area (Å²) in [5, 5.41) is 2.42. The summed E-state index contributed by atoms with van der Waals surface area (Å²) in [5.41, 5.74) is -0.414. The van der Waals surface area contributed by atoms with Crippen molar-refractivity contribution in [2.24, 2.45) is 7.05 Å². The normalized spacial score (nSPS) is 12.4. The third-order valence-corrected chi connectivity index (χ3v) is 4.76. The minimum absolute atomic E-state index is 0.393. The molecule has 0 spiro atoms. The second kappa shape index (κ2) is 8.40. The average Bonchev–Trinajstić information content (AvgIpc) is 3.15. The van der Waals surface area contributed by atoms with Crippen molar-refractivity contribution in [3.05, 3.63) is 89.5 Å². The molecule has 1 aromatic heterocycles. The maximum absolute atomic E-state index is 13.6. The molecule has 29 heavy (non-hydrogen) atoms. The summed E-state index contributed by atoms with van der Waals surface area (Å²) in [6, 6.07) is 11.3. The number of carbonyl (C=O) groups is 1. The summed E-state index contributed by atoms with van der Waals surface area (Å²) in [6.07, 6.45) is 1.49. The Kier molecular flexibility index (Phi) is 5.93. The number of hydrogen-bond acceptors (Lipinski definition) is 4. The molecule has 1 amide bonds. The summed E-state index contributed by atoms with van der Waals surface area (Å²) in [5.74, 6) is -0.471. The molecule has 0 aliphatic carbocycles. The average molecular weight is 401 g/mol. The number of imidazole rings is 1. The minimum atomic E-state index is -1.42. The molecule has 0 saturated heterocycles. The van der Waals surface area contributed by atoms with Crippen molar-refractivity contribution >= 4 is 6.09 Å². The number of amides is 1. The number of alkyl carbamates (subject to hydrolysis) is 1. The van der Waals surface area contributed by atoms with E-state index < -0.39 is 29.4 Å². The van der Waals surface area contributed by atoms with E-state index in [0.29, 0.717) is 17.0 Å². The highest BCUT2D eigenvalue weighted by Crippen LogP contribution is 2.45. The maximum Gasteiger partial charge on any atom is 0.407 e. The van der Waals surface area contributed by atoms with Crippen molar-refractivity contribution < 1.29 is 23.0 Å². The molecule has 0 aliphatic rings. The number of nitrogens with one attached hydrogen (secondary N) is 1. The Labute approximate surface area is 167 Å². The number of nitrogens with zero attached hydrogens (tertiary/aromatic N) is 2. The van der Waals surface area contributed by atoms with Crippen LogP contribution in [0.15, 0.2) is 60.9 Å². The van der Waals surface area contributed by atoms with E-state index in [0.717, 1.165) is 0 Å². The Bertz CT molecular complexity index is 926. The van der Waals surface area contributed by atoms with Crippen LogP contribution in [0.5, 0.6) is 0 Å². The summed E-state index contributed by atoms with van der Waals surface area (Å²) in [7, 11) is 4.62. The number of methoxy groups -OCH3 is 1. The molecule has 1 atom stereocenters. The molecule has 152 valence electrons. The largest absolute Gasteiger partial charge is 0.434 e. The Hall–Kier alpha value is -3.26. The molecule has 3 rings (SSSR count). The molecule has 0 aliphatic heterocycles. The van der Waals surface area contributed by atoms with Crippen LogP contribution in [0.3, 0.4) is 0 Å². The first-order chi connectivity index (χ1) is 13.9. The van der Waals surface area contributed by atoms with Crippen molar-refractivity contribution in [2.75, 3.05) is 14.2 Å². The Morgan fingerprint density at radius 1 is 1.07 bits per heavy atom. The summed E-state index contributed by atoms with van der Waals surface area (Å²) < 4.78 is 40.6. The Morgan fingerprint density at radius 2 is 1.59 bits per heavy atom. The second-order valence-corrected chi connectivity index (χ2v) is 6.39. The Balaban J connectivity index is 2.30. The van der Waals surface area contributed by atoms with Gasteiger partial charge in [0, 0.05) is 33.6 Å². The summed E-state index contributed by atoms with van der Waals surface area (Å²) in [4.78, 5) is 16.5. The van der Waals surface area contributed by atoms with E-state index in [1.54, 1.807) is 24.0 Å². The quantitative estimate of drug-likeness (QED) is 0.684. The van der Waals surface area contributed by atoms with Crippen molar-refractivity contribution in [3.63, 3.8) is 0 Å². The SMILES string of the molecule is CNC(=O)OC(c1nccn1C)C(OC)(c1ccc(F)cc1)c1ccc(F)cc1.